The molecule has 0 unspecified atom stereocenters. The second-order valence-corrected chi connectivity index (χ2v) is 11.1. The van der Waals surface area contributed by atoms with Crippen LogP contribution in [-0.2, 0) is 14.4 Å². The number of pyridine rings is 2. The molecule has 3 amide bonds. The molecule has 4 N–H and O–H groups in total. The van der Waals surface area contributed by atoms with Crippen molar-refractivity contribution < 1.29 is 29.4 Å². The Kier molecular flexibility index (Phi) is 7.71. The van der Waals surface area contributed by atoms with Crippen molar-refractivity contribution in [1.29, 1.82) is 0 Å². The van der Waals surface area contributed by atoms with E-state index < -0.39 is 51.9 Å². The van der Waals surface area contributed by atoms with Crippen LogP contribution in [0.15, 0.2) is 54.9 Å². The third kappa shape index (κ3) is 4.73. The predicted octanol–water partition coefficient (Wildman–Crippen LogP) is 0.790. The first-order valence-electron chi connectivity index (χ1n) is 11.4. The van der Waals surface area contributed by atoms with Crippen molar-refractivity contribution in [1.82, 2.24) is 25.5 Å². The number of aromatic nitrogens is 2. The third-order valence-corrected chi connectivity index (χ3v) is 8.06. The van der Waals surface area contributed by atoms with Gasteiger partial charge in [0.05, 0.1) is 5.52 Å². The Labute approximate surface area is 243 Å². The number of amides is 3. The molecule has 0 spiro atoms. The van der Waals surface area contributed by atoms with Crippen LogP contribution in [0.2, 0.25) is 0 Å². The molecule has 1 aromatic carbocycles. The van der Waals surface area contributed by atoms with Gasteiger partial charge in [0.2, 0.25) is 11.8 Å². The van der Waals surface area contributed by atoms with E-state index in [1.807, 2.05) is 0 Å². The third-order valence-electron chi connectivity index (χ3n) is 6.49. The molecule has 13 heteroatoms. The van der Waals surface area contributed by atoms with E-state index in [0.717, 1.165) is 0 Å². The van der Waals surface area contributed by atoms with Gasteiger partial charge in [0, 0.05) is 17.1 Å². The number of hydrogen-bond acceptors (Lipinski definition) is 8. The summed E-state index contributed by atoms with van der Waals surface area (Å²) in [6.45, 7) is 3.49. The predicted molar refractivity (Wildman–Crippen MR) is 141 cm³/mol. The number of aromatic hydroxyl groups is 1. The summed E-state index contributed by atoms with van der Waals surface area (Å²) in [6.07, 6.45) is 2.66. The summed E-state index contributed by atoms with van der Waals surface area (Å²) >= 11 is 1.30. The Bertz CT molecular complexity index is 1440. The number of aliphatic carboxylic acids is 1. The van der Waals surface area contributed by atoms with Gasteiger partial charge in [0.25, 0.3) is 5.91 Å². The van der Waals surface area contributed by atoms with Gasteiger partial charge in [-0.05, 0) is 31.5 Å². The second-order valence-electron chi connectivity index (χ2n) is 9.29. The van der Waals surface area contributed by atoms with E-state index >= 15 is 0 Å². The van der Waals surface area contributed by atoms with Crippen LogP contribution in [0.3, 0.4) is 0 Å². The van der Waals surface area contributed by atoms with E-state index in [4.69, 9.17) is 0 Å². The molecular formula is C25H24N5NaO6S. The maximum absolute atomic E-state index is 13.4. The number of benzene rings is 1. The fourth-order valence-electron chi connectivity index (χ4n) is 4.71. The van der Waals surface area contributed by atoms with E-state index in [1.54, 1.807) is 56.3 Å². The number of rotatable bonds is 6. The summed E-state index contributed by atoms with van der Waals surface area (Å²) in [5.74, 6) is -3.38. The van der Waals surface area contributed by atoms with Crippen LogP contribution in [-0.4, -0.2) is 101 Å². The van der Waals surface area contributed by atoms with E-state index in [2.05, 4.69) is 20.6 Å². The Morgan fingerprint density at radius 3 is 2.50 bits per heavy atom. The SMILES string of the molecule is CC1(C)S[C@@H]2[C@H](NC(=O)[C@H](NC(=O)c3cnc4cccnc4c3O)c3ccccc3)C(=O)N2[C@H]1C(=O)O.[NaH]. The molecule has 2 saturated heterocycles. The normalized spacial score (nSPS) is 22.0. The Morgan fingerprint density at radius 1 is 1.11 bits per heavy atom. The van der Waals surface area contributed by atoms with Gasteiger partial charge in [-0.3, -0.25) is 24.4 Å². The quantitative estimate of drug-likeness (QED) is 0.259. The summed E-state index contributed by atoms with van der Waals surface area (Å²) in [4.78, 5) is 60.7. The van der Waals surface area contributed by atoms with Gasteiger partial charge < -0.3 is 25.7 Å². The topological polar surface area (TPSA) is 162 Å². The van der Waals surface area contributed by atoms with Crippen LogP contribution in [0.25, 0.3) is 11.0 Å². The summed E-state index contributed by atoms with van der Waals surface area (Å²) in [5.41, 5.74) is 0.831. The van der Waals surface area contributed by atoms with Crippen molar-refractivity contribution in [3.8, 4) is 5.75 Å². The van der Waals surface area contributed by atoms with Crippen molar-refractivity contribution in [2.24, 2.45) is 0 Å². The van der Waals surface area contributed by atoms with E-state index in [1.165, 1.54) is 29.1 Å². The number of nitrogens with zero attached hydrogens (tertiary/aromatic N) is 3. The van der Waals surface area contributed by atoms with Gasteiger partial charge in [-0.2, -0.15) is 0 Å². The van der Waals surface area contributed by atoms with Crippen LogP contribution in [0.1, 0.15) is 35.8 Å². The molecule has 2 aromatic heterocycles. The molecule has 11 nitrogen and oxygen atoms in total. The zero-order valence-electron chi connectivity index (χ0n) is 19.8. The molecule has 3 aromatic rings. The molecular weight excluding hydrogens is 521 g/mol. The van der Waals surface area contributed by atoms with Crippen molar-refractivity contribution in [2.45, 2.75) is 42.1 Å². The molecule has 192 valence electrons. The van der Waals surface area contributed by atoms with Crippen LogP contribution < -0.4 is 10.6 Å². The Balaban J connectivity index is 0.00000336. The summed E-state index contributed by atoms with van der Waals surface area (Å²) in [6, 6.07) is 8.57. The van der Waals surface area contributed by atoms with Crippen molar-refractivity contribution in [3.05, 3.63) is 66.0 Å². The van der Waals surface area contributed by atoms with Crippen molar-refractivity contribution >= 4 is 76.0 Å². The molecule has 0 radical (unpaired) electrons. The average Bonchev–Trinajstić information content (AvgIpc) is 3.14. The van der Waals surface area contributed by atoms with Gasteiger partial charge >= 0.3 is 35.5 Å². The molecule has 4 heterocycles. The van der Waals surface area contributed by atoms with E-state index in [0.29, 0.717) is 11.1 Å². The second kappa shape index (κ2) is 10.5. The van der Waals surface area contributed by atoms with Crippen LogP contribution in [0.4, 0.5) is 0 Å². The molecule has 2 aliphatic heterocycles. The Morgan fingerprint density at radius 2 is 1.82 bits per heavy atom. The number of nitrogens with one attached hydrogen (secondary N) is 2. The molecule has 38 heavy (non-hydrogen) atoms. The van der Waals surface area contributed by atoms with Crippen LogP contribution >= 0.6 is 11.8 Å². The summed E-state index contributed by atoms with van der Waals surface area (Å²) < 4.78 is -0.743. The first-order chi connectivity index (χ1) is 17.6. The monoisotopic (exact) mass is 545 g/mol. The molecule has 4 atom stereocenters. The molecule has 0 bridgehead atoms. The fourth-order valence-corrected chi connectivity index (χ4v) is 6.33. The molecule has 0 saturated carbocycles. The van der Waals surface area contributed by atoms with Gasteiger partial charge in [-0.1, -0.05) is 30.3 Å². The van der Waals surface area contributed by atoms with Crippen LogP contribution in [0.5, 0.6) is 5.75 Å². The van der Waals surface area contributed by atoms with Gasteiger partial charge in [0.15, 0.2) is 5.75 Å². The van der Waals surface area contributed by atoms with Crippen molar-refractivity contribution in [3.63, 3.8) is 0 Å². The minimum atomic E-state index is -1.20. The van der Waals surface area contributed by atoms with Crippen LogP contribution in [0, 0.1) is 0 Å². The number of carboxylic acids is 1. The number of β-lactam (4-membered cyclic amide) rings is 1. The minimum absolute atomic E-state index is 0. The summed E-state index contributed by atoms with van der Waals surface area (Å²) in [7, 11) is 0. The van der Waals surface area contributed by atoms with E-state index in [-0.39, 0.29) is 46.4 Å². The van der Waals surface area contributed by atoms with Gasteiger partial charge in [0.1, 0.15) is 34.6 Å². The number of carboxylic acid groups (broad SMARTS) is 1. The van der Waals surface area contributed by atoms with Gasteiger partial charge in [-0.25, -0.2) is 4.79 Å². The molecule has 2 aliphatic rings. The maximum atomic E-state index is 13.4. The van der Waals surface area contributed by atoms with E-state index in [9.17, 15) is 29.4 Å². The zero-order valence-corrected chi connectivity index (χ0v) is 20.6. The number of hydrogen-bond donors (Lipinski definition) is 4. The van der Waals surface area contributed by atoms with Gasteiger partial charge in [-0.15, -0.1) is 11.8 Å². The molecule has 2 fully saturated rings. The van der Waals surface area contributed by atoms with Crippen molar-refractivity contribution in [2.75, 3.05) is 0 Å². The number of carbonyl (C=O) groups is 4. The number of fused-ring (bicyclic) bond motifs is 2. The first kappa shape index (κ1) is 27.8. The fraction of sp³-hybridized carbons (Fsp3) is 0.280. The molecule has 5 rings (SSSR count). The summed E-state index contributed by atoms with van der Waals surface area (Å²) in [5, 5.41) is 25.0. The number of carbonyl (C=O) groups excluding carboxylic acids is 3. The average molecular weight is 546 g/mol. The Hall–Kier alpha value is -3.19. The zero-order chi connectivity index (χ0) is 26.5. The standard InChI is InChI=1S/C25H23N5O6S.Na.H/c1-25(2)19(24(35)36)30-22(34)17(23(30)37-25)29-21(33)15(12-7-4-3-5-8-12)28-20(32)13-11-27-14-9-6-10-26-16(14)18(13)31;;/h3-11,15,17,19,23H,1-2H3,(H,27,31)(H,28,32)(H,29,33)(H,35,36);;/t15-,17-,19+,23-;;/m1../s1. The number of thioether (sulfide) groups is 1. The molecule has 0 aliphatic carbocycles. The first-order valence-corrected chi connectivity index (χ1v) is 12.3.